The Morgan fingerprint density at radius 3 is 2.58 bits per heavy atom. The number of hydrogen-bond acceptors (Lipinski definition) is 3. The van der Waals surface area contributed by atoms with Gasteiger partial charge in [-0.25, -0.2) is 0 Å². The Balaban J connectivity index is 1.72. The van der Waals surface area contributed by atoms with Gasteiger partial charge in [-0.05, 0) is 92.3 Å². The summed E-state index contributed by atoms with van der Waals surface area (Å²) < 4.78 is 0. The molecule has 0 radical (unpaired) electrons. The van der Waals surface area contributed by atoms with Gasteiger partial charge in [0, 0.05) is 6.42 Å². The lowest BCUT2D eigenvalue weighted by Gasteiger charge is -2.44. The highest BCUT2D eigenvalue weighted by atomic mass is 16.3. The van der Waals surface area contributed by atoms with Crippen molar-refractivity contribution < 1.29 is 15.3 Å². The van der Waals surface area contributed by atoms with Crippen LogP contribution in [0.3, 0.4) is 0 Å². The van der Waals surface area contributed by atoms with Crippen LogP contribution in [0.4, 0.5) is 0 Å². The fourth-order valence-corrected chi connectivity index (χ4v) is 6.71. The van der Waals surface area contributed by atoms with Crippen LogP contribution in [0.15, 0.2) is 47.6 Å². The van der Waals surface area contributed by atoms with E-state index < -0.39 is 17.8 Å². The van der Waals surface area contributed by atoms with Gasteiger partial charge in [0.2, 0.25) is 0 Å². The second-order valence-corrected chi connectivity index (χ2v) is 11.4. The Kier molecular flexibility index (Phi) is 7.40. The molecule has 3 N–H and O–H groups in total. The highest BCUT2D eigenvalue weighted by Crippen LogP contribution is 2.60. The summed E-state index contributed by atoms with van der Waals surface area (Å²) in [6.45, 7) is 16.6. The van der Waals surface area contributed by atoms with E-state index in [0.29, 0.717) is 34.8 Å². The lowest BCUT2D eigenvalue weighted by molar-refractivity contribution is 0.0596. The molecule has 0 aromatic rings. The predicted octanol–water partition coefficient (Wildman–Crippen LogP) is 5.87. The van der Waals surface area contributed by atoms with E-state index in [1.807, 2.05) is 13.8 Å². The Hall–Kier alpha value is -1.16. The van der Waals surface area contributed by atoms with Crippen LogP contribution in [-0.2, 0) is 0 Å². The number of aliphatic hydroxyl groups excluding tert-OH is 2. The Bertz CT molecular complexity index is 753. The van der Waals surface area contributed by atoms with Crippen LogP contribution in [0.5, 0.6) is 0 Å². The van der Waals surface area contributed by atoms with Crippen LogP contribution in [0.25, 0.3) is 0 Å². The van der Waals surface area contributed by atoms with Crippen molar-refractivity contribution in [2.24, 2.45) is 23.2 Å². The van der Waals surface area contributed by atoms with Gasteiger partial charge in [0.15, 0.2) is 0 Å². The second kappa shape index (κ2) is 9.37. The molecule has 0 spiro atoms. The molecule has 0 aromatic carbocycles. The number of hydrogen-bond donors (Lipinski definition) is 3. The first kappa shape index (κ1) is 24.5. The van der Waals surface area contributed by atoms with E-state index in [-0.39, 0.29) is 0 Å². The minimum Gasteiger partial charge on any atom is -0.390 e. The summed E-state index contributed by atoms with van der Waals surface area (Å²) >= 11 is 0. The largest absolute Gasteiger partial charge is 0.390 e. The van der Waals surface area contributed by atoms with Gasteiger partial charge in [-0.3, -0.25) is 0 Å². The predicted molar refractivity (Wildman–Crippen MR) is 129 cm³/mol. The number of allylic oxidation sites excluding steroid dienone is 3. The minimum atomic E-state index is -0.842. The zero-order valence-corrected chi connectivity index (χ0v) is 20.2. The van der Waals surface area contributed by atoms with Crippen LogP contribution in [-0.4, -0.2) is 33.1 Å². The smallest absolute Gasteiger partial charge is 0.102 e. The molecule has 0 heterocycles. The van der Waals surface area contributed by atoms with Crippen molar-refractivity contribution in [2.45, 2.75) is 103 Å². The van der Waals surface area contributed by atoms with Crippen LogP contribution >= 0.6 is 0 Å². The molecule has 0 amide bonds. The summed E-state index contributed by atoms with van der Waals surface area (Å²) in [4.78, 5) is 0. The second-order valence-electron chi connectivity index (χ2n) is 11.4. The molecule has 3 aliphatic rings. The van der Waals surface area contributed by atoms with E-state index in [9.17, 15) is 15.3 Å². The summed E-state index contributed by atoms with van der Waals surface area (Å²) in [7, 11) is 0. The maximum Gasteiger partial charge on any atom is 0.102 e. The van der Waals surface area contributed by atoms with Crippen molar-refractivity contribution in [3.63, 3.8) is 0 Å². The average Bonchev–Trinajstić information content (AvgIpc) is 3.04. The monoisotopic (exact) mass is 428 g/mol. The van der Waals surface area contributed by atoms with E-state index in [2.05, 4.69) is 39.2 Å². The number of fused-ring (bicyclic) bond motifs is 1. The molecular formula is C28H44O3. The normalized spacial score (nSPS) is 38.0. The summed E-state index contributed by atoms with van der Waals surface area (Å²) in [5, 5.41) is 30.5. The topological polar surface area (TPSA) is 60.7 Å². The van der Waals surface area contributed by atoms with E-state index in [4.69, 9.17) is 0 Å². The molecule has 31 heavy (non-hydrogen) atoms. The van der Waals surface area contributed by atoms with E-state index in [1.54, 1.807) is 0 Å². The molecule has 3 fully saturated rings. The van der Waals surface area contributed by atoms with E-state index in [0.717, 1.165) is 30.8 Å². The van der Waals surface area contributed by atoms with Gasteiger partial charge in [0.1, 0.15) is 6.10 Å². The van der Waals surface area contributed by atoms with Crippen molar-refractivity contribution in [1.29, 1.82) is 0 Å². The third-order valence-electron chi connectivity index (χ3n) is 8.61. The maximum atomic E-state index is 10.3. The molecule has 0 aromatic heterocycles. The molecule has 3 nitrogen and oxygen atoms in total. The van der Waals surface area contributed by atoms with Crippen molar-refractivity contribution in [3.8, 4) is 0 Å². The van der Waals surface area contributed by atoms with Gasteiger partial charge >= 0.3 is 0 Å². The van der Waals surface area contributed by atoms with Crippen molar-refractivity contribution in [1.82, 2.24) is 0 Å². The summed E-state index contributed by atoms with van der Waals surface area (Å²) in [6, 6.07) is 0. The molecule has 0 aliphatic heterocycles. The van der Waals surface area contributed by atoms with Gasteiger partial charge < -0.3 is 15.3 Å². The quantitative estimate of drug-likeness (QED) is 0.464. The van der Waals surface area contributed by atoms with E-state index in [1.165, 1.54) is 37.7 Å². The standard InChI is InChI=1S/C28H44O3/c1-18(9-7-15-27(4,5)31)23-13-14-24-21(10-8-16-28(23,24)6)11-12-22-17-25(29)20(3)26(30)19(22)2/h11-12,18,23-26,29-31H,2-3,7-10,13-17H2,1,4-6H3/b21-11?,22-12+/t18-,23-,24?,25-,26-,28-/m1/s1. The zero-order chi connectivity index (χ0) is 23.0. The third-order valence-corrected chi connectivity index (χ3v) is 8.61. The molecule has 1 unspecified atom stereocenters. The molecule has 0 saturated heterocycles. The summed E-state index contributed by atoms with van der Waals surface area (Å²) in [6.07, 6.45) is 12.7. The molecule has 6 atom stereocenters. The summed E-state index contributed by atoms with van der Waals surface area (Å²) in [5.74, 6) is 2.05. The Labute approximate surface area is 189 Å². The fraction of sp³-hybridized carbons (Fsp3) is 0.714. The first-order valence-corrected chi connectivity index (χ1v) is 12.3. The van der Waals surface area contributed by atoms with Crippen molar-refractivity contribution >= 4 is 0 Å². The summed E-state index contributed by atoms with van der Waals surface area (Å²) in [5.41, 5.74) is 3.41. The van der Waals surface area contributed by atoms with Gasteiger partial charge in [-0.15, -0.1) is 0 Å². The van der Waals surface area contributed by atoms with Crippen LogP contribution in [0.2, 0.25) is 0 Å². The SMILES string of the molecule is C=C1/C(=C/C=C2CCC[C@@]3(C)C2CC[C@@H]3[C@H](C)CCCC(C)(C)O)C[C@@H](O)C(=C)[C@@H]1O. The first-order chi connectivity index (χ1) is 14.4. The molecule has 3 heteroatoms. The van der Waals surface area contributed by atoms with Crippen molar-refractivity contribution in [2.75, 3.05) is 0 Å². The van der Waals surface area contributed by atoms with Gasteiger partial charge in [0.25, 0.3) is 0 Å². The Morgan fingerprint density at radius 2 is 1.90 bits per heavy atom. The zero-order valence-electron chi connectivity index (χ0n) is 20.2. The molecule has 3 rings (SSSR count). The van der Waals surface area contributed by atoms with Crippen molar-refractivity contribution in [3.05, 3.63) is 47.6 Å². The molecule has 0 bridgehead atoms. The number of aliphatic hydroxyl groups is 3. The first-order valence-electron chi connectivity index (χ1n) is 12.3. The molecule has 174 valence electrons. The lowest BCUT2D eigenvalue weighted by atomic mass is 9.60. The van der Waals surface area contributed by atoms with Gasteiger partial charge in [-0.2, -0.15) is 0 Å². The Morgan fingerprint density at radius 1 is 1.19 bits per heavy atom. The molecule has 3 saturated carbocycles. The fourth-order valence-electron chi connectivity index (χ4n) is 6.71. The lowest BCUT2D eigenvalue weighted by Crippen LogP contribution is -2.36. The van der Waals surface area contributed by atoms with Crippen LogP contribution in [0.1, 0.15) is 85.5 Å². The highest BCUT2D eigenvalue weighted by molar-refractivity contribution is 5.45. The van der Waals surface area contributed by atoms with Crippen LogP contribution in [0, 0.1) is 23.2 Å². The van der Waals surface area contributed by atoms with E-state index >= 15 is 0 Å². The number of rotatable bonds is 6. The van der Waals surface area contributed by atoms with Crippen LogP contribution < -0.4 is 0 Å². The molecule has 3 aliphatic carbocycles. The highest BCUT2D eigenvalue weighted by Gasteiger charge is 2.50. The third kappa shape index (κ3) is 5.26. The maximum absolute atomic E-state index is 10.3. The molecular weight excluding hydrogens is 384 g/mol. The average molecular weight is 429 g/mol. The minimum absolute atomic E-state index is 0.355. The van der Waals surface area contributed by atoms with Gasteiger partial charge in [0.05, 0.1) is 11.7 Å². The van der Waals surface area contributed by atoms with Gasteiger partial charge in [-0.1, -0.05) is 57.6 Å².